The highest BCUT2D eigenvalue weighted by Gasteiger charge is 2.67. The van der Waals surface area contributed by atoms with E-state index in [2.05, 4.69) is 19.0 Å². The fourth-order valence-electron chi connectivity index (χ4n) is 4.91. The number of nitrogens with zero attached hydrogens (tertiary/aromatic N) is 1. The number of oxime groups is 1. The topological polar surface area (TPSA) is 38.7 Å². The van der Waals surface area contributed by atoms with Crippen molar-refractivity contribution in [3.63, 3.8) is 0 Å². The highest BCUT2D eigenvalue weighted by atomic mass is 16.7. The van der Waals surface area contributed by atoms with Crippen LogP contribution in [0.25, 0.3) is 6.08 Å². The second-order valence-corrected chi connectivity index (χ2v) is 7.73. The van der Waals surface area contributed by atoms with Crippen LogP contribution in [-0.4, -0.2) is 17.1 Å². The molecule has 2 saturated carbocycles. The molecule has 1 aromatic rings. The summed E-state index contributed by atoms with van der Waals surface area (Å²) in [6.07, 6.45) is 7.87. The van der Waals surface area contributed by atoms with Gasteiger partial charge in [0.25, 0.3) is 0 Å². The predicted octanol–water partition coefficient (Wildman–Crippen LogP) is 4.24. The third-order valence-electron chi connectivity index (χ3n) is 6.46. The van der Waals surface area contributed by atoms with Gasteiger partial charge in [-0.25, -0.2) is 0 Å². The summed E-state index contributed by atoms with van der Waals surface area (Å²) in [6, 6.07) is 9.86. The highest BCUT2D eigenvalue weighted by Crippen LogP contribution is 2.65. The molecule has 1 aliphatic heterocycles. The van der Waals surface area contributed by atoms with Gasteiger partial charge in [-0.3, -0.25) is 4.79 Å². The van der Waals surface area contributed by atoms with Crippen LogP contribution in [0.1, 0.15) is 45.1 Å². The Morgan fingerprint density at radius 3 is 2.65 bits per heavy atom. The van der Waals surface area contributed by atoms with Crippen molar-refractivity contribution < 1.29 is 9.63 Å². The van der Waals surface area contributed by atoms with Crippen molar-refractivity contribution in [3.8, 4) is 0 Å². The van der Waals surface area contributed by atoms with Gasteiger partial charge in [-0.2, -0.15) is 0 Å². The average Bonchev–Trinajstić information content (AvgIpc) is 3.24. The summed E-state index contributed by atoms with van der Waals surface area (Å²) >= 11 is 0. The van der Waals surface area contributed by atoms with Gasteiger partial charge >= 0.3 is 0 Å². The lowest BCUT2D eigenvalue weighted by atomic mass is 9.63. The normalized spacial score (nSPS) is 34.1. The number of benzene rings is 1. The first-order valence-corrected chi connectivity index (χ1v) is 8.55. The van der Waals surface area contributed by atoms with Gasteiger partial charge in [0, 0.05) is 17.8 Å². The number of fused-ring (bicyclic) bond motifs is 3. The Morgan fingerprint density at radius 2 is 1.96 bits per heavy atom. The van der Waals surface area contributed by atoms with Crippen molar-refractivity contribution in [2.24, 2.45) is 22.4 Å². The molecule has 0 radical (unpaired) electrons. The Bertz CT molecular complexity index is 689. The van der Waals surface area contributed by atoms with Gasteiger partial charge in [-0.15, -0.1) is 0 Å². The van der Waals surface area contributed by atoms with Crippen molar-refractivity contribution in [3.05, 3.63) is 42.0 Å². The van der Waals surface area contributed by atoms with Crippen LogP contribution in [0.5, 0.6) is 0 Å². The van der Waals surface area contributed by atoms with E-state index in [1.807, 2.05) is 36.4 Å². The number of rotatable bonds is 3. The molecular formula is C20H23NO2. The minimum absolute atomic E-state index is 0.0238. The molecule has 0 aromatic heterocycles. The molecule has 120 valence electrons. The first kappa shape index (κ1) is 14.7. The van der Waals surface area contributed by atoms with E-state index in [1.54, 1.807) is 6.08 Å². The summed E-state index contributed by atoms with van der Waals surface area (Å²) < 4.78 is 0. The fraction of sp³-hybridized carbons (Fsp3) is 0.500. The molecule has 3 nitrogen and oxygen atoms in total. The fourth-order valence-corrected chi connectivity index (χ4v) is 4.91. The van der Waals surface area contributed by atoms with E-state index in [4.69, 9.17) is 4.84 Å². The van der Waals surface area contributed by atoms with Gasteiger partial charge in [0.15, 0.2) is 5.60 Å². The zero-order valence-corrected chi connectivity index (χ0v) is 13.8. The third-order valence-corrected chi connectivity index (χ3v) is 6.46. The maximum absolute atomic E-state index is 12.5. The van der Waals surface area contributed by atoms with Crippen LogP contribution >= 0.6 is 0 Å². The Labute approximate surface area is 137 Å². The Morgan fingerprint density at radius 1 is 1.22 bits per heavy atom. The van der Waals surface area contributed by atoms with Crippen LogP contribution in [0.2, 0.25) is 0 Å². The molecule has 0 amide bonds. The monoisotopic (exact) mass is 309 g/mol. The van der Waals surface area contributed by atoms with Gasteiger partial charge in [-0.1, -0.05) is 55.4 Å². The summed E-state index contributed by atoms with van der Waals surface area (Å²) in [6.45, 7) is 4.58. The molecule has 0 N–H and O–H groups in total. The Kier molecular flexibility index (Phi) is 3.22. The third kappa shape index (κ3) is 2.09. The smallest absolute Gasteiger partial charge is 0.203 e. The van der Waals surface area contributed by atoms with Crippen LogP contribution in [-0.2, 0) is 9.63 Å². The zero-order chi connectivity index (χ0) is 16.1. The molecule has 2 bridgehead atoms. The van der Waals surface area contributed by atoms with Crippen LogP contribution in [0.15, 0.2) is 41.6 Å². The molecule has 1 spiro atoms. The van der Waals surface area contributed by atoms with Crippen LogP contribution < -0.4 is 0 Å². The summed E-state index contributed by atoms with van der Waals surface area (Å²) in [7, 11) is 0. The number of allylic oxidation sites excluding steroid dienone is 1. The summed E-state index contributed by atoms with van der Waals surface area (Å²) in [5.41, 5.74) is 1.46. The van der Waals surface area contributed by atoms with Gasteiger partial charge in [0.2, 0.25) is 5.78 Å². The number of hydrogen-bond donors (Lipinski definition) is 0. The number of carbonyl (C=O) groups is 1. The van der Waals surface area contributed by atoms with Crippen molar-refractivity contribution in [2.45, 2.75) is 45.1 Å². The van der Waals surface area contributed by atoms with Gasteiger partial charge in [0.05, 0.1) is 0 Å². The molecule has 3 atom stereocenters. The molecule has 4 rings (SSSR count). The average molecular weight is 309 g/mol. The molecule has 3 aliphatic rings. The van der Waals surface area contributed by atoms with E-state index >= 15 is 0 Å². The van der Waals surface area contributed by atoms with Crippen LogP contribution in [0, 0.1) is 17.3 Å². The lowest BCUT2D eigenvalue weighted by Crippen LogP contribution is -2.49. The molecule has 1 heterocycles. The van der Waals surface area contributed by atoms with Crippen molar-refractivity contribution in [1.82, 2.24) is 0 Å². The second kappa shape index (κ2) is 5.05. The van der Waals surface area contributed by atoms with Crippen molar-refractivity contribution in [1.29, 1.82) is 0 Å². The minimum atomic E-state index is -0.249. The SMILES string of the molecule is CC1(C)[C@@H]2CC[C@@H](C2)C12CC(C(=O)/C=C/c1ccccc1)=NO2. The summed E-state index contributed by atoms with van der Waals surface area (Å²) in [5.74, 6) is 1.23. The van der Waals surface area contributed by atoms with E-state index in [1.165, 1.54) is 19.3 Å². The summed E-state index contributed by atoms with van der Waals surface area (Å²) in [4.78, 5) is 18.4. The first-order chi connectivity index (χ1) is 11.0. The molecule has 2 fully saturated rings. The molecule has 1 unspecified atom stereocenters. The molecule has 0 saturated heterocycles. The lowest BCUT2D eigenvalue weighted by molar-refractivity contribution is -0.135. The van der Waals surface area contributed by atoms with Crippen molar-refractivity contribution in [2.75, 3.05) is 0 Å². The molecule has 1 aromatic carbocycles. The molecular weight excluding hydrogens is 286 g/mol. The molecule has 3 heteroatoms. The molecule has 2 aliphatic carbocycles. The second-order valence-electron chi connectivity index (χ2n) is 7.73. The minimum Gasteiger partial charge on any atom is -0.388 e. The number of carbonyl (C=O) groups excluding carboxylic acids is 1. The van der Waals surface area contributed by atoms with Gasteiger partial charge in [0.1, 0.15) is 5.71 Å². The number of hydrogen-bond acceptors (Lipinski definition) is 3. The quantitative estimate of drug-likeness (QED) is 0.783. The Balaban J connectivity index is 1.50. The van der Waals surface area contributed by atoms with Gasteiger partial charge in [-0.05, 0) is 36.8 Å². The van der Waals surface area contributed by atoms with E-state index in [9.17, 15) is 4.79 Å². The largest absolute Gasteiger partial charge is 0.388 e. The zero-order valence-electron chi connectivity index (χ0n) is 13.8. The van der Waals surface area contributed by atoms with Gasteiger partial charge < -0.3 is 4.84 Å². The van der Waals surface area contributed by atoms with E-state index in [0.717, 1.165) is 5.56 Å². The van der Waals surface area contributed by atoms with E-state index in [-0.39, 0.29) is 16.8 Å². The lowest BCUT2D eigenvalue weighted by Gasteiger charge is -2.44. The molecule has 23 heavy (non-hydrogen) atoms. The maximum Gasteiger partial charge on any atom is 0.203 e. The summed E-state index contributed by atoms with van der Waals surface area (Å²) in [5, 5.41) is 4.21. The Hall–Kier alpha value is -1.90. The number of ketones is 1. The predicted molar refractivity (Wildman–Crippen MR) is 91.0 cm³/mol. The maximum atomic E-state index is 12.5. The van der Waals surface area contributed by atoms with Crippen LogP contribution in [0.3, 0.4) is 0 Å². The van der Waals surface area contributed by atoms with E-state index < -0.39 is 0 Å². The standard InChI is InChI=1S/C20H23NO2/c1-19(2)15-9-10-16(12-15)20(19)13-17(21-23-20)18(22)11-8-14-6-4-3-5-7-14/h3-8,11,15-16H,9-10,12-13H2,1-2H3/b11-8+/t15-,16+,20?/m1/s1. The highest BCUT2D eigenvalue weighted by molar-refractivity contribution is 6.45. The first-order valence-electron chi connectivity index (χ1n) is 8.55. The van der Waals surface area contributed by atoms with Crippen molar-refractivity contribution >= 4 is 17.6 Å². The van der Waals surface area contributed by atoms with Crippen LogP contribution in [0.4, 0.5) is 0 Å². The van der Waals surface area contributed by atoms with E-state index in [0.29, 0.717) is 24.0 Å².